The fraction of sp³-hybridized carbons (Fsp3) is 0.176. The Bertz CT molecular complexity index is 603. The summed E-state index contributed by atoms with van der Waals surface area (Å²) in [6, 6.07) is 13.3. The van der Waals surface area contributed by atoms with Gasteiger partial charge in [0.2, 0.25) is 0 Å². The zero-order valence-electron chi connectivity index (χ0n) is 12.2. The molecule has 0 saturated heterocycles. The van der Waals surface area contributed by atoms with Crippen LogP contribution in [0, 0.1) is 0 Å². The summed E-state index contributed by atoms with van der Waals surface area (Å²) in [4.78, 5) is 23.8. The number of Topliss-reactive ketones (excluding diaryl/α,β-unsaturated/α-hetero) is 2. The van der Waals surface area contributed by atoms with E-state index in [1.165, 1.54) is 0 Å². The summed E-state index contributed by atoms with van der Waals surface area (Å²) >= 11 is 3.19. The number of benzene rings is 2. The van der Waals surface area contributed by atoms with Crippen molar-refractivity contribution in [3.63, 3.8) is 0 Å². The van der Waals surface area contributed by atoms with Gasteiger partial charge < -0.3 is 9.47 Å². The average Bonchev–Trinajstić information content (AvgIpc) is 2.60. The lowest BCUT2D eigenvalue weighted by molar-refractivity contribution is 0.0906. The number of rotatable bonds is 6. The number of carbonyl (C=O) groups excluding carboxylic acids is 2. The lowest BCUT2D eigenvalue weighted by Crippen LogP contribution is -2.24. The largest absolute Gasteiger partial charge is 0.497 e. The Hall–Kier alpha value is -2.14. The smallest absolute Gasteiger partial charge is 0.184 e. The van der Waals surface area contributed by atoms with Crippen molar-refractivity contribution < 1.29 is 19.1 Å². The first-order valence-electron chi connectivity index (χ1n) is 6.57. The van der Waals surface area contributed by atoms with Crippen molar-refractivity contribution in [2.75, 3.05) is 14.2 Å². The highest BCUT2D eigenvalue weighted by molar-refractivity contribution is 9.10. The van der Waals surface area contributed by atoms with E-state index in [1.54, 1.807) is 62.8 Å². The van der Waals surface area contributed by atoms with Crippen LogP contribution in [0.2, 0.25) is 0 Å². The molecular weight excluding hydrogens is 348 g/mol. The lowest BCUT2D eigenvalue weighted by Gasteiger charge is -2.09. The molecular formula is C17H15BrO4. The zero-order chi connectivity index (χ0) is 16.1. The monoisotopic (exact) mass is 362 g/mol. The van der Waals surface area contributed by atoms with Crippen LogP contribution < -0.4 is 9.47 Å². The third kappa shape index (κ3) is 3.54. The number of carbonyl (C=O) groups is 2. The molecule has 2 aromatic carbocycles. The van der Waals surface area contributed by atoms with Crippen LogP contribution in [0.1, 0.15) is 20.7 Å². The molecule has 22 heavy (non-hydrogen) atoms. The standard InChI is InChI=1S/C17H15BrO4/c1-21-13-7-3-11(4-8-13)16(19)15(18)17(20)12-5-9-14(22-2)10-6-12/h3-10,15H,1-2H3. The molecule has 114 valence electrons. The van der Waals surface area contributed by atoms with Gasteiger partial charge in [0.05, 0.1) is 14.2 Å². The van der Waals surface area contributed by atoms with E-state index in [1.807, 2.05) is 0 Å². The highest BCUT2D eigenvalue weighted by Gasteiger charge is 2.25. The van der Waals surface area contributed by atoms with Gasteiger partial charge in [-0.3, -0.25) is 9.59 Å². The van der Waals surface area contributed by atoms with Gasteiger partial charge >= 0.3 is 0 Å². The number of hydrogen-bond donors (Lipinski definition) is 0. The Labute approximate surface area is 137 Å². The molecule has 0 fully saturated rings. The quantitative estimate of drug-likeness (QED) is 0.448. The van der Waals surface area contributed by atoms with Gasteiger partial charge in [-0.05, 0) is 48.5 Å². The van der Waals surface area contributed by atoms with Crippen LogP contribution in [0.3, 0.4) is 0 Å². The molecule has 4 nitrogen and oxygen atoms in total. The van der Waals surface area contributed by atoms with Gasteiger partial charge in [0.15, 0.2) is 11.6 Å². The molecule has 0 atom stereocenters. The van der Waals surface area contributed by atoms with Gasteiger partial charge in [-0.25, -0.2) is 0 Å². The summed E-state index contributed by atoms with van der Waals surface area (Å²) in [6.45, 7) is 0. The van der Waals surface area contributed by atoms with E-state index in [2.05, 4.69) is 15.9 Å². The van der Waals surface area contributed by atoms with E-state index < -0.39 is 4.83 Å². The summed E-state index contributed by atoms with van der Waals surface area (Å²) in [5, 5.41) is 0. The number of methoxy groups -OCH3 is 2. The fourth-order valence-electron chi connectivity index (χ4n) is 1.92. The molecule has 0 unspecified atom stereocenters. The van der Waals surface area contributed by atoms with Gasteiger partial charge in [0.25, 0.3) is 0 Å². The molecule has 0 saturated carbocycles. The van der Waals surface area contributed by atoms with E-state index in [-0.39, 0.29) is 11.6 Å². The van der Waals surface area contributed by atoms with E-state index in [0.717, 1.165) is 0 Å². The van der Waals surface area contributed by atoms with Gasteiger partial charge in [0.1, 0.15) is 16.3 Å². The van der Waals surface area contributed by atoms with Crippen LogP contribution >= 0.6 is 15.9 Å². The van der Waals surface area contributed by atoms with Crippen LogP contribution in [0.4, 0.5) is 0 Å². The van der Waals surface area contributed by atoms with Crippen LogP contribution in [-0.4, -0.2) is 30.6 Å². The maximum atomic E-state index is 12.3. The summed E-state index contributed by atoms with van der Waals surface area (Å²) in [7, 11) is 3.11. The Morgan fingerprint density at radius 3 is 1.36 bits per heavy atom. The highest BCUT2D eigenvalue weighted by Crippen LogP contribution is 2.20. The predicted octanol–water partition coefficient (Wildman–Crippen LogP) is 3.53. The first kappa shape index (κ1) is 16.2. The molecule has 2 rings (SSSR count). The zero-order valence-corrected chi connectivity index (χ0v) is 13.8. The Kier molecular flexibility index (Phi) is 5.33. The summed E-state index contributed by atoms with van der Waals surface area (Å²) in [5.74, 6) is 0.736. The Morgan fingerprint density at radius 1 is 0.773 bits per heavy atom. The molecule has 0 aliphatic rings. The SMILES string of the molecule is COc1ccc(C(=O)C(Br)C(=O)c2ccc(OC)cc2)cc1. The first-order valence-corrected chi connectivity index (χ1v) is 7.49. The van der Waals surface area contributed by atoms with E-state index in [9.17, 15) is 9.59 Å². The van der Waals surface area contributed by atoms with Crippen molar-refractivity contribution in [2.45, 2.75) is 4.83 Å². The second-order valence-corrected chi connectivity index (χ2v) is 5.46. The van der Waals surface area contributed by atoms with E-state index in [0.29, 0.717) is 22.6 Å². The normalized spacial score (nSPS) is 10.4. The topological polar surface area (TPSA) is 52.6 Å². The number of halogens is 1. The molecule has 0 spiro atoms. The van der Waals surface area contributed by atoms with Crippen molar-refractivity contribution in [1.82, 2.24) is 0 Å². The molecule has 0 aromatic heterocycles. The summed E-state index contributed by atoms with van der Waals surface area (Å²) in [5.41, 5.74) is 0.897. The van der Waals surface area contributed by atoms with Crippen molar-refractivity contribution >= 4 is 27.5 Å². The number of alkyl halides is 1. The molecule has 2 aromatic rings. The first-order chi connectivity index (χ1) is 10.6. The van der Waals surface area contributed by atoms with Crippen molar-refractivity contribution in [3.8, 4) is 11.5 Å². The molecule has 0 aliphatic carbocycles. The molecule has 0 radical (unpaired) electrons. The third-order valence-electron chi connectivity index (χ3n) is 3.21. The molecule has 5 heteroatoms. The highest BCUT2D eigenvalue weighted by atomic mass is 79.9. The summed E-state index contributed by atoms with van der Waals surface area (Å²) < 4.78 is 10.1. The number of hydrogen-bond acceptors (Lipinski definition) is 4. The fourth-order valence-corrected chi connectivity index (χ4v) is 2.45. The van der Waals surface area contributed by atoms with Gasteiger partial charge in [-0.15, -0.1) is 0 Å². The van der Waals surface area contributed by atoms with Gasteiger partial charge in [-0.1, -0.05) is 15.9 Å². The molecule has 0 aliphatic heterocycles. The maximum absolute atomic E-state index is 12.3. The third-order valence-corrected chi connectivity index (χ3v) is 4.04. The van der Waals surface area contributed by atoms with Crippen molar-refractivity contribution in [2.24, 2.45) is 0 Å². The summed E-state index contributed by atoms with van der Waals surface area (Å²) in [6.07, 6.45) is 0. The maximum Gasteiger partial charge on any atom is 0.184 e. The molecule has 0 bridgehead atoms. The Balaban J connectivity index is 2.15. The molecule has 0 heterocycles. The van der Waals surface area contributed by atoms with Crippen molar-refractivity contribution in [1.29, 1.82) is 0 Å². The average molecular weight is 363 g/mol. The Morgan fingerprint density at radius 2 is 1.09 bits per heavy atom. The van der Waals surface area contributed by atoms with Crippen LogP contribution in [0.25, 0.3) is 0 Å². The molecule has 0 amide bonds. The minimum absolute atomic E-state index is 0.288. The van der Waals surface area contributed by atoms with Crippen LogP contribution in [0.15, 0.2) is 48.5 Å². The second-order valence-electron chi connectivity index (χ2n) is 4.55. The number of ether oxygens (including phenoxy) is 2. The second kappa shape index (κ2) is 7.22. The van der Waals surface area contributed by atoms with Crippen LogP contribution in [-0.2, 0) is 0 Å². The van der Waals surface area contributed by atoms with Gasteiger partial charge in [-0.2, -0.15) is 0 Å². The molecule has 0 N–H and O–H groups in total. The van der Waals surface area contributed by atoms with E-state index in [4.69, 9.17) is 9.47 Å². The predicted molar refractivity (Wildman–Crippen MR) is 87.4 cm³/mol. The minimum atomic E-state index is -0.922. The van der Waals surface area contributed by atoms with Crippen molar-refractivity contribution in [3.05, 3.63) is 59.7 Å². The number of ketones is 2. The van der Waals surface area contributed by atoms with E-state index >= 15 is 0 Å². The van der Waals surface area contributed by atoms with Gasteiger partial charge in [0, 0.05) is 11.1 Å². The van der Waals surface area contributed by atoms with Crippen LogP contribution in [0.5, 0.6) is 11.5 Å². The minimum Gasteiger partial charge on any atom is -0.497 e. The lowest BCUT2D eigenvalue weighted by atomic mass is 10.0.